The molecule has 0 spiro atoms. The second kappa shape index (κ2) is 4.12. The number of hydrogen-bond acceptors (Lipinski definition) is 4. The molecule has 0 bridgehead atoms. The molecule has 0 saturated carbocycles. The third-order valence-corrected chi connectivity index (χ3v) is 0.895. The highest BCUT2D eigenvalue weighted by Gasteiger charge is 2.00. The first-order chi connectivity index (χ1) is 5.24. The average molecular weight is 173 g/mol. The number of aromatic nitrogens is 2. The van der Waals surface area contributed by atoms with Gasteiger partial charge < -0.3 is 10.5 Å². The van der Waals surface area contributed by atoms with Gasteiger partial charge in [-0.1, -0.05) is 0 Å². The standard InChI is InChI=1S/C5H2FN3O2.H2O/c6-3-1-7-5(11)9-4(3)8-2-10;/h1H,(H,7,9,11);1H2. The summed E-state index contributed by atoms with van der Waals surface area (Å²) in [5.41, 5.74) is -0.764. The van der Waals surface area contributed by atoms with Crippen molar-refractivity contribution >= 4 is 11.9 Å². The minimum Gasteiger partial charge on any atom is -0.412 e. The van der Waals surface area contributed by atoms with Gasteiger partial charge in [0.25, 0.3) is 0 Å². The number of rotatable bonds is 1. The lowest BCUT2D eigenvalue weighted by Gasteiger charge is -1.88. The van der Waals surface area contributed by atoms with E-state index in [4.69, 9.17) is 0 Å². The van der Waals surface area contributed by atoms with Crippen molar-refractivity contribution in [3.63, 3.8) is 0 Å². The van der Waals surface area contributed by atoms with Crippen molar-refractivity contribution < 1.29 is 14.7 Å². The molecule has 0 aliphatic carbocycles. The van der Waals surface area contributed by atoms with E-state index < -0.39 is 17.3 Å². The molecule has 0 fully saturated rings. The second-order valence-corrected chi connectivity index (χ2v) is 1.58. The van der Waals surface area contributed by atoms with E-state index in [0.717, 1.165) is 12.3 Å². The van der Waals surface area contributed by atoms with Crippen LogP contribution in [0.15, 0.2) is 16.0 Å². The Hall–Kier alpha value is -1.85. The molecular formula is C5H4FN3O3. The lowest BCUT2D eigenvalue weighted by Crippen LogP contribution is -2.09. The molecule has 3 N–H and O–H groups in total. The highest BCUT2D eigenvalue weighted by atomic mass is 19.1. The molecule has 0 aromatic carbocycles. The van der Waals surface area contributed by atoms with E-state index in [-0.39, 0.29) is 5.48 Å². The molecule has 6 nitrogen and oxygen atoms in total. The SMILES string of the molecule is O.O=C=Nc1nc(=O)[nH]cc1F. The normalized spacial score (nSPS) is 8.08. The molecule has 0 aliphatic heterocycles. The number of isocyanates is 1. The number of nitrogens with one attached hydrogen (secondary N) is 1. The molecule has 1 aromatic heterocycles. The van der Waals surface area contributed by atoms with Crippen LogP contribution in [-0.4, -0.2) is 21.5 Å². The van der Waals surface area contributed by atoms with Gasteiger partial charge in [-0.05, 0) is 0 Å². The molecule has 0 amide bonds. The Morgan fingerprint density at radius 3 is 2.92 bits per heavy atom. The summed E-state index contributed by atoms with van der Waals surface area (Å²) in [4.78, 5) is 27.9. The van der Waals surface area contributed by atoms with Crippen LogP contribution in [0.1, 0.15) is 0 Å². The van der Waals surface area contributed by atoms with Gasteiger partial charge in [-0.15, -0.1) is 4.99 Å². The maximum Gasteiger partial charge on any atom is 0.347 e. The summed E-state index contributed by atoms with van der Waals surface area (Å²) in [5, 5.41) is 0. The minimum absolute atomic E-state index is 0. The van der Waals surface area contributed by atoms with Crippen molar-refractivity contribution in [1.29, 1.82) is 0 Å². The molecule has 12 heavy (non-hydrogen) atoms. The summed E-state index contributed by atoms with van der Waals surface area (Å²) in [5.74, 6) is -1.42. The van der Waals surface area contributed by atoms with Crippen molar-refractivity contribution in [2.24, 2.45) is 4.99 Å². The molecule has 0 radical (unpaired) electrons. The first-order valence-corrected chi connectivity index (χ1v) is 2.57. The van der Waals surface area contributed by atoms with Crippen molar-refractivity contribution in [3.8, 4) is 0 Å². The van der Waals surface area contributed by atoms with Crippen LogP contribution in [-0.2, 0) is 4.79 Å². The van der Waals surface area contributed by atoms with Gasteiger partial charge in [0.1, 0.15) is 0 Å². The van der Waals surface area contributed by atoms with Crippen LogP contribution in [0.2, 0.25) is 0 Å². The number of aromatic amines is 1. The lowest BCUT2D eigenvalue weighted by atomic mass is 10.6. The predicted octanol–water partition coefficient (Wildman–Crippen LogP) is -0.948. The van der Waals surface area contributed by atoms with Gasteiger partial charge in [0.15, 0.2) is 5.82 Å². The summed E-state index contributed by atoms with van der Waals surface area (Å²) < 4.78 is 12.5. The molecule has 0 unspecified atom stereocenters. The fraction of sp³-hybridized carbons (Fsp3) is 0. The molecule has 7 heteroatoms. The van der Waals surface area contributed by atoms with Crippen molar-refractivity contribution in [1.82, 2.24) is 9.97 Å². The molecule has 1 rings (SSSR count). The molecular weight excluding hydrogens is 169 g/mol. The highest BCUT2D eigenvalue weighted by molar-refractivity contribution is 5.43. The van der Waals surface area contributed by atoms with E-state index in [1.807, 2.05) is 4.98 Å². The Labute approximate surface area is 65.1 Å². The molecule has 1 heterocycles. The van der Waals surface area contributed by atoms with E-state index in [1.54, 1.807) is 0 Å². The summed E-state index contributed by atoms with van der Waals surface area (Å²) in [6.07, 6.45) is 1.84. The minimum atomic E-state index is -0.868. The van der Waals surface area contributed by atoms with Crippen LogP contribution in [0.25, 0.3) is 0 Å². The maximum atomic E-state index is 12.5. The average Bonchev–Trinajstić information content (AvgIpc) is 1.98. The van der Waals surface area contributed by atoms with Crippen LogP contribution in [0.4, 0.5) is 10.2 Å². The summed E-state index contributed by atoms with van der Waals surface area (Å²) in [6.45, 7) is 0. The lowest BCUT2D eigenvalue weighted by molar-refractivity contribution is 0.563. The maximum absolute atomic E-state index is 12.5. The van der Waals surface area contributed by atoms with Gasteiger partial charge in [-0.25, -0.2) is 14.0 Å². The van der Waals surface area contributed by atoms with Crippen LogP contribution in [0.3, 0.4) is 0 Å². The first kappa shape index (κ1) is 10.2. The van der Waals surface area contributed by atoms with E-state index in [1.165, 1.54) is 0 Å². The summed E-state index contributed by atoms with van der Waals surface area (Å²) in [6, 6.07) is 0. The fourth-order valence-corrected chi connectivity index (χ4v) is 0.493. The molecule has 0 atom stereocenters. The van der Waals surface area contributed by atoms with Gasteiger partial charge in [0.05, 0.1) is 0 Å². The van der Waals surface area contributed by atoms with Crippen molar-refractivity contribution in [2.75, 3.05) is 0 Å². The van der Waals surface area contributed by atoms with Crippen LogP contribution >= 0.6 is 0 Å². The topological polar surface area (TPSA) is 107 Å². The highest BCUT2D eigenvalue weighted by Crippen LogP contribution is 2.07. The van der Waals surface area contributed by atoms with Gasteiger partial charge >= 0.3 is 5.69 Å². The van der Waals surface area contributed by atoms with Crippen LogP contribution < -0.4 is 5.69 Å². The second-order valence-electron chi connectivity index (χ2n) is 1.58. The summed E-state index contributed by atoms with van der Waals surface area (Å²) >= 11 is 0. The van der Waals surface area contributed by atoms with E-state index in [0.29, 0.717) is 0 Å². The Morgan fingerprint density at radius 2 is 2.33 bits per heavy atom. The number of nitrogens with zero attached hydrogens (tertiary/aromatic N) is 2. The first-order valence-electron chi connectivity index (χ1n) is 2.57. The number of halogens is 1. The van der Waals surface area contributed by atoms with Gasteiger partial charge in [-0.3, -0.25) is 0 Å². The van der Waals surface area contributed by atoms with Crippen molar-refractivity contribution in [3.05, 3.63) is 22.5 Å². The predicted molar refractivity (Wildman–Crippen MR) is 36.2 cm³/mol. The van der Waals surface area contributed by atoms with E-state index in [9.17, 15) is 14.0 Å². The molecule has 0 aliphatic rings. The zero-order valence-electron chi connectivity index (χ0n) is 5.67. The van der Waals surface area contributed by atoms with Gasteiger partial charge in [-0.2, -0.15) is 4.98 Å². The zero-order chi connectivity index (χ0) is 8.27. The molecule has 0 saturated heterocycles. The van der Waals surface area contributed by atoms with E-state index >= 15 is 0 Å². The molecule has 64 valence electrons. The Bertz CT molecular complexity index is 368. The van der Waals surface area contributed by atoms with Crippen LogP contribution in [0, 0.1) is 5.82 Å². The number of H-pyrrole nitrogens is 1. The Balaban J connectivity index is 0.00000121. The van der Waals surface area contributed by atoms with Gasteiger partial charge in [0, 0.05) is 6.20 Å². The quantitative estimate of drug-likeness (QED) is 0.437. The van der Waals surface area contributed by atoms with E-state index in [2.05, 4.69) is 9.98 Å². The zero-order valence-corrected chi connectivity index (χ0v) is 5.67. The fourth-order valence-electron chi connectivity index (χ4n) is 0.493. The third-order valence-electron chi connectivity index (χ3n) is 0.895. The third kappa shape index (κ3) is 2.08. The number of aliphatic imine (C=N–C) groups is 1. The largest absolute Gasteiger partial charge is 0.412 e. The Kier molecular flexibility index (Phi) is 3.48. The number of hydrogen-bond donors (Lipinski definition) is 1. The van der Waals surface area contributed by atoms with Crippen molar-refractivity contribution in [2.45, 2.75) is 0 Å². The smallest absolute Gasteiger partial charge is 0.347 e. The number of carbonyl (C=O) groups excluding carboxylic acids is 1. The molecule has 1 aromatic rings. The summed E-state index contributed by atoms with van der Waals surface area (Å²) in [7, 11) is 0. The van der Waals surface area contributed by atoms with Crippen LogP contribution in [0.5, 0.6) is 0 Å². The Morgan fingerprint density at radius 1 is 1.67 bits per heavy atom. The monoisotopic (exact) mass is 173 g/mol. The van der Waals surface area contributed by atoms with Gasteiger partial charge in [0.2, 0.25) is 11.9 Å².